The molecular formula is C18H16Cl2O3. The summed E-state index contributed by atoms with van der Waals surface area (Å²) in [5.41, 5.74) is 3.55. The Morgan fingerprint density at radius 2 is 2.04 bits per heavy atom. The smallest absolute Gasteiger partial charge is 0.328 e. The maximum atomic E-state index is 10.6. The van der Waals surface area contributed by atoms with E-state index in [2.05, 4.69) is 0 Å². The van der Waals surface area contributed by atoms with Gasteiger partial charge < -0.3 is 9.84 Å². The van der Waals surface area contributed by atoms with Crippen LogP contribution in [-0.2, 0) is 4.79 Å². The van der Waals surface area contributed by atoms with Gasteiger partial charge in [0, 0.05) is 16.7 Å². The Kier molecular flexibility index (Phi) is 5.69. The summed E-state index contributed by atoms with van der Waals surface area (Å²) in [6.45, 7) is 4.12. The van der Waals surface area contributed by atoms with E-state index >= 15 is 0 Å². The van der Waals surface area contributed by atoms with Gasteiger partial charge in [0.15, 0.2) is 0 Å². The molecule has 0 aromatic heterocycles. The van der Waals surface area contributed by atoms with E-state index in [4.69, 9.17) is 33.0 Å². The molecule has 5 heteroatoms. The van der Waals surface area contributed by atoms with Crippen LogP contribution in [0.5, 0.6) is 5.75 Å². The molecule has 0 radical (unpaired) electrons. The zero-order valence-electron chi connectivity index (χ0n) is 12.8. The monoisotopic (exact) mass is 350 g/mol. The van der Waals surface area contributed by atoms with Crippen LogP contribution in [0.2, 0.25) is 10.0 Å². The molecule has 1 aliphatic rings. The van der Waals surface area contributed by atoms with Crippen LogP contribution < -0.4 is 4.74 Å². The Morgan fingerprint density at radius 1 is 1.30 bits per heavy atom. The van der Waals surface area contributed by atoms with Crippen LogP contribution >= 0.6 is 23.2 Å². The molecule has 0 saturated carbocycles. The SMILES string of the molecule is CC(/C=C/C=C(\C)C1=Cc2cc(Cl)cc(Cl)c2OC1)=C\C(=O)O. The number of carbonyl (C=O) groups is 1. The molecule has 0 fully saturated rings. The zero-order valence-corrected chi connectivity index (χ0v) is 14.3. The van der Waals surface area contributed by atoms with Gasteiger partial charge in [-0.05, 0) is 48.8 Å². The minimum absolute atomic E-state index is 0.425. The Balaban J connectivity index is 2.22. The van der Waals surface area contributed by atoms with E-state index in [-0.39, 0.29) is 0 Å². The van der Waals surface area contributed by atoms with Crippen LogP contribution in [0.4, 0.5) is 0 Å². The highest BCUT2D eigenvalue weighted by atomic mass is 35.5. The van der Waals surface area contributed by atoms with Crippen LogP contribution in [0.25, 0.3) is 6.08 Å². The van der Waals surface area contributed by atoms with Crippen molar-refractivity contribution in [3.8, 4) is 5.75 Å². The molecule has 120 valence electrons. The van der Waals surface area contributed by atoms with Crippen molar-refractivity contribution in [2.24, 2.45) is 0 Å². The van der Waals surface area contributed by atoms with Gasteiger partial charge in [-0.3, -0.25) is 0 Å². The van der Waals surface area contributed by atoms with Gasteiger partial charge in [0.1, 0.15) is 12.4 Å². The number of fused-ring (bicyclic) bond motifs is 1. The molecule has 3 nitrogen and oxygen atoms in total. The molecule has 1 aromatic rings. The molecule has 1 heterocycles. The Morgan fingerprint density at radius 3 is 2.74 bits per heavy atom. The van der Waals surface area contributed by atoms with E-state index in [0.29, 0.717) is 28.0 Å². The fourth-order valence-corrected chi connectivity index (χ4v) is 2.70. The molecule has 0 saturated heterocycles. The highest BCUT2D eigenvalue weighted by molar-refractivity contribution is 6.36. The molecule has 1 N–H and O–H groups in total. The number of hydrogen-bond donors (Lipinski definition) is 1. The quantitative estimate of drug-likeness (QED) is 0.591. The summed E-state index contributed by atoms with van der Waals surface area (Å²) in [7, 11) is 0. The minimum Gasteiger partial charge on any atom is -0.487 e. The molecule has 0 unspecified atom stereocenters. The second-order valence-electron chi connectivity index (χ2n) is 5.20. The third-order valence-corrected chi connectivity index (χ3v) is 3.80. The van der Waals surface area contributed by atoms with Crippen LogP contribution in [0.3, 0.4) is 0 Å². The Hall–Kier alpha value is -1.97. The van der Waals surface area contributed by atoms with Gasteiger partial charge in [-0.15, -0.1) is 0 Å². The fraction of sp³-hybridized carbons (Fsp3) is 0.167. The molecule has 2 rings (SSSR count). The van der Waals surface area contributed by atoms with Crippen molar-refractivity contribution in [2.75, 3.05) is 6.61 Å². The lowest BCUT2D eigenvalue weighted by molar-refractivity contribution is -0.131. The maximum absolute atomic E-state index is 10.6. The van der Waals surface area contributed by atoms with Gasteiger partial charge in [0.05, 0.1) is 5.02 Å². The van der Waals surface area contributed by atoms with Crippen LogP contribution in [0.1, 0.15) is 19.4 Å². The van der Waals surface area contributed by atoms with Crippen molar-refractivity contribution >= 4 is 35.2 Å². The molecular weight excluding hydrogens is 335 g/mol. The highest BCUT2D eigenvalue weighted by Gasteiger charge is 2.16. The Labute approximate surface area is 145 Å². The zero-order chi connectivity index (χ0) is 17.0. The average Bonchev–Trinajstić information content (AvgIpc) is 2.45. The Bertz CT molecular complexity index is 756. The second-order valence-corrected chi connectivity index (χ2v) is 6.04. The van der Waals surface area contributed by atoms with Crippen LogP contribution in [0.15, 0.2) is 53.2 Å². The lowest BCUT2D eigenvalue weighted by atomic mass is 10.0. The summed E-state index contributed by atoms with van der Waals surface area (Å²) in [5, 5.41) is 9.72. The largest absolute Gasteiger partial charge is 0.487 e. The first-order valence-corrected chi connectivity index (χ1v) is 7.71. The van der Waals surface area contributed by atoms with E-state index in [1.165, 1.54) is 0 Å². The summed E-state index contributed by atoms with van der Waals surface area (Å²) < 4.78 is 5.71. The van der Waals surface area contributed by atoms with Gasteiger partial charge in [0.25, 0.3) is 0 Å². The number of rotatable bonds is 4. The summed E-state index contributed by atoms with van der Waals surface area (Å²) in [6.07, 6.45) is 8.61. The minimum atomic E-state index is -0.957. The van der Waals surface area contributed by atoms with Gasteiger partial charge in [-0.1, -0.05) is 41.4 Å². The lowest BCUT2D eigenvalue weighted by Gasteiger charge is -2.19. The van der Waals surface area contributed by atoms with Crippen molar-refractivity contribution in [3.63, 3.8) is 0 Å². The van der Waals surface area contributed by atoms with Gasteiger partial charge >= 0.3 is 5.97 Å². The number of carboxylic acids is 1. The maximum Gasteiger partial charge on any atom is 0.328 e. The first kappa shape index (κ1) is 17.4. The molecule has 0 atom stereocenters. The highest BCUT2D eigenvalue weighted by Crippen LogP contribution is 2.37. The number of allylic oxidation sites excluding steroid dienone is 4. The van der Waals surface area contributed by atoms with Crippen LogP contribution in [0, 0.1) is 0 Å². The lowest BCUT2D eigenvalue weighted by Crippen LogP contribution is -2.08. The predicted molar refractivity (Wildman–Crippen MR) is 94.2 cm³/mol. The van der Waals surface area contributed by atoms with Crippen molar-refractivity contribution < 1.29 is 14.6 Å². The summed E-state index contributed by atoms with van der Waals surface area (Å²) >= 11 is 12.1. The topological polar surface area (TPSA) is 46.5 Å². The number of ether oxygens (including phenoxy) is 1. The van der Waals surface area contributed by atoms with Crippen molar-refractivity contribution in [3.05, 3.63) is 68.8 Å². The fourth-order valence-electron chi connectivity index (χ4n) is 2.14. The van der Waals surface area contributed by atoms with E-state index in [1.54, 1.807) is 19.1 Å². The third-order valence-electron chi connectivity index (χ3n) is 3.30. The van der Waals surface area contributed by atoms with Crippen LogP contribution in [-0.4, -0.2) is 17.7 Å². The van der Waals surface area contributed by atoms with Gasteiger partial charge in [-0.2, -0.15) is 0 Å². The molecule has 1 aromatic carbocycles. The summed E-state index contributed by atoms with van der Waals surface area (Å²) in [5.74, 6) is -0.315. The van der Waals surface area contributed by atoms with Crippen molar-refractivity contribution in [2.45, 2.75) is 13.8 Å². The summed E-state index contributed by atoms with van der Waals surface area (Å²) in [6, 6.07) is 3.47. The first-order valence-electron chi connectivity index (χ1n) is 6.96. The van der Waals surface area contributed by atoms with E-state index in [1.807, 2.05) is 31.2 Å². The van der Waals surface area contributed by atoms with Gasteiger partial charge in [0.2, 0.25) is 0 Å². The normalized spacial score (nSPS) is 15.2. The standard InChI is InChI=1S/C18H16Cl2O3/c1-11(6-17(21)22)4-3-5-12(2)14-7-13-8-15(19)9-16(20)18(13)23-10-14/h3-9H,10H2,1-2H3,(H,21,22)/b4-3+,11-6+,12-5+. The first-order chi connectivity index (χ1) is 10.9. The molecule has 1 aliphatic heterocycles. The average molecular weight is 351 g/mol. The number of aliphatic carboxylic acids is 1. The number of carboxylic acid groups (broad SMARTS) is 1. The summed E-state index contributed by atoms with van der Waals surface area (Å²) in [4.78, 5) is 10.6. The molecule has 0 aliphatic carbocycles. The number of halogens is 2. The van der Waals surface area contributed by atoms with E-state index < -0.39 is 5.97 Å². The number of hydrogen-bond acceptors (Lipinski definition) is 2. The molecule has 23 heavy (non-hydrogen) atoms. The van der Waals surface area contributed by atoms with Crippen molar-refractivity contribution in [1.82, 2.24) is 0 Å². The second kappa shape index (κ2) is 7.53. The molecule has 0 spiro atoms. The molecule has 0 bridgehead atoms. The predicted octanol–water partition coefficient (Wildman–Crippen LogP) is 5.30. The van der Waals surface area contributed by atoms with E-state index in [9.17, 15) is 4.79 Å². The molecule has 0 amide bonds. The van der Waals surface area contributed by atoms with Crippen molar-refractivity contribution in [1.29, 1.82) is 0 Å². The van der Waals surface area contributed by atoms with E-state index in [0.717, 1.165) is 22.8 Å². The number of benzene rings is 1. The third kappa shape index (κ3) is 4.75. The van der Waals surface area contributed by atoms with Gasteiger partial charge in [-0.25, -0.2) is 4.79 Å².